The summed E-state index contributed by atoms with van der Waals surface area (Å²) in [6.07, 6.45) is 0. The van der Waals surface area contributed by atoms with E-state index in [1.54, 1.807) is 13.8 Å². The Morgan fingerprint density at radius 2 is 2.10 bits per heavy atom. The Hall–Kier alpha value is -2.64. The zero-order chi connectivity index (χ0) is 15.1. The van der Waals surface area contributed by atoms with Gasteiger partial charge in [0.1, 0.15) is 6.54 Å². The standard InChI is InChI=1S/C12H15N3O5/c1-3-20-11(16)7-13-12(17)14-9-4-5-10(15(18)19)8(2)6-9/h4-6H,3,7H2,1-2H3,(H2,13,14,17). The highest BCUT2D eigenvalue weighted by Gasteiger charge is 2.11. The van der Waals surface area contributed by atoms with E-state index >= 15 is 0 Å². The first kappa shape index (κ1) is 15.4. The molecule has 0 heterocycles. The van der Waals surface area contributed by atoms with Crippen LogP contribution in [0.5, 0.6) is 0 Å². The van der Waals surface area contributed by atoms with Crippen LogP contribution in [0.2, 0.25) is 0 Å². The summed E-state index contributed by atoms with van der Waals surface area (Å²) in [4.78, 5) is 32.7. The number of hydrogen-bond acceptors (Lipinski definition) is 5. The number of anilines is 1. The molecule has 108 valence electrons. The number of nitrogens with one attached hydrogen (secondary N) is 2. The molecule has 2 amide bonds. The van der Waals surface area contributed by atoms with Gasteiger partial charge in [0.05, 0.1) is 11.5 Å². The predicted molar refractivity (Wildman–Crippen MR) is 71.5 cm³/mol. The second-order valence-electron chi connectivity index (χ2n) is 3.87. The second kappa shape index (κ2) is 7.07. The molecule has 20 heavy (non-hydrogen) atoms. The molecule has 0 bridgehead atoms. The molecule has 1 aromatic carbocycles. The number of benzene rings is 1. The van der Waals surface area contributed by atoms with Crippen molar-refractivity contribution in [1.29, 1.82) is 0 Å². The fraction of sp³-hybridized carbons (Fsp3) is 0.333. The molecule has 0 saturated carbocycles. The Morgan fingerprint density at radius 3 is 2.65 bits per heavy atom. The quantitative estimate of drug-likeness (QED) is 0.483. The molecule has 0 unspecified atom stereocenters. The number of esters is 1. The molecule has 0 spiro atoms. The van der Waals surface area contributed by atoms with E-state index in [9.17, 15) is 19.7 Å². The van der Waals surface area contributed by atoms with E-state index in [1.807, 2.05) is 0 Å². The molecule has 1 aromatic rings. The van der Waals surface area contributed by atoms with E-state index < -0.39 is 16.9 Å². The van der Waals surface area contributed by atoms with Crippen molar-refractivity contribution in [3.8, 4) is 0 Å². The Labute approximate surface area is 115 Å². The molecule has 8 heteroatoms. The van der Waals surface area contributed by atoms with E-state index in [0.717, 1.165) is 0 Å². The maximum absolute atomic E-state index is 11.5. The minimum atomic E-state index is -0.591. The van der Waals surface area contributed by atoms with Gasteiger partial charge in [0.2, 0.25) is 0 Å². The summed E-state index contributed by atoms with van der Waals surface area (Å²) in [5.74, 6) is -0.539. The second-order valence-corrected chi connectivity index (χ2v) is 3.87. The van der Waals surface area contributed by atoms with Gasteiger partial charge in [-0.25, -0.2) is 4.79 Å². The number of nitro groups is 1. The highest BCUT2D eigenvalue weighted by atomic mass is 16.6. The van der Waals surface area contributed by atoms with E-state index in [4.69, 9.17) is 0 Å². The third-order valence-electron chi connectivity index (χ3n) is 2.35. The van der Waals surface area contributed by atoms with Crippen LogP contribution in [-0.2, 0) is 9.53 Å². The molecular formula is C12H15N3O5. The lowest BCUT2D eigenvalue weighted by molar-refractivity contribution is -0.385. The Morgan fingerprint density at radius 1 is 1.40 bits per heavy atom. The van der Waals surface area contributed by atoms with Crippen LogP contribution in [0.15, 0.2) is 18.2 Å². The van der Waals surface area contributed by atoms with Crippen LogP contribution in [0, 0.1) is 17.0 Å². The molecule has 0 aliphatic heterocycles. The molecule has 0 fully saturated rings. The summed E-state index contributed by atoms with van der Waals surface area (Å²) in [5.41, 5.74) is 0.801. The van der Waals surface area contributed by atoms with Gasteiger partial charge in [-0.15, -0.1) is 0 Å². The first-order valence-corrected chi connectivity index (χ1v) is 5.89. The van der Waals surface area contributed by atoms with Gasteiger partial charge in [-0.05, 0) is 26.0 Å². The van der Waals surface area contributed by atoms with Crippen LogP contribution in [0.25, 0.3) is 0 Å². The maximum atomic E-state index is 11.5. The summed E-state index contributed by atoms with van der Waals surface area (Å²) in [6.45, 7) is 3.23. The van der Waals surface area contributed by atoms with Crippen molar-refractivity contribution in [2.24, 2.45) is 0 Å². The summed E-state index contributed by atoms with van der Waals surface area (Å²) >= 11 is 0. The molecule has 2 N–H and O–H groups in total. The fourth-order valence-corrected chi connectivity index (χ4v) is 1.48. The van der Waals surface area contributed by atoms with Crippen LogP contribution in [0.1, 0.15) is 12.5 Å². The average Bonchev–Trinajstić information content (AvgIpc) is 2.36. The lowest BCUT2D eigenvalue weighted by atomic mass is 10.2. The monoisotopic (exact) mass is 281 g/mol. The molecule has 0 aliphatic carbocycles. The fourth-order valence-electron chi connectivity index (χ4n) is 1.48. The van der Waals surface area contributed by atoms with Gasteiger partial charge in [-0.2, -0.15) is 0 Å². The zero-order valence-electron chi connectivity index (χ0n) is 11.1. The predicted octanol–water partition coefficient (Wildman–Crippen LogP) is 1.59. The number of carbonyl (C=O) groups excluding carboxylic acids is 2. The number of rotatable bonds is 5. The van der Waals surface area contributed by atoms with E-state index in [1.165, 1.54) is 18.2 Å². The van der Waals surface area contributed by atoms with E-state index in [0.29, 0.717) is 11.3 Å². The number of nitro benzene ring substituents is 1. The van der Waals surface area contributed by atoms with E-state index in [2.05, 4.69) is 15.4 Å². The van der Waals surface area contributed by atoms with Crippen molar-refractivity contribution in [2.75, 3.05) is 18.5 Å². The van der Waals surface area contributed by atoms with Gasteiger partial charge >= 0.3 is 12.0 Å². The summed E-state index contributed by atoms with van der Waals surface area (Å²) in [7, 11) is 0. The Kier molecular flexibility index (Phi) is 5.45. The number of amides is 2. The number of urea groups is 1. The first-order chi connectivity index (χ1) is 9.43. The van der Waals surface area contributed by atoms with Crippen molar-refractivity contribution in [3.63, 3.8) is 0 Å². The third kappa shape index (κ3) is 4.56. The van der Waals surface area contributed by atoms with Gasteiger partial charge in [0.15, 0.2) is 0 Å². The van der Waals surface area contributed by atoms with Crippen molar-refractivity contribution in [1.82, 2.24) is 5.32 Å². The Bertz CT molecular complexity index is 530. The van der Waals surface area contributed by atoms with Crippen molar-refractivity contribution in [2.45, 2.75) is 13.8 Å². The highest BCUT2D eigenvalue weighted by Crippen LogP contribution is 2.21. The Balaban J connectivity index is 2.56. The topological polar surface area (TPSA) is 111 Å². The van der Waals surface area contributed by atoms with Crippen LogP contribution in [0.4, 0.5) is 16.2 Å². The number of nitrogens with zero attached hydrogens (tertiary/aromatic N) is 1. The van der Waals surface area contributed by atoms with Crippen molar-refractivity contribution in [3.05, 3.63) is 33.9 Å². The summed E-state index contributed by atoms with van der Waals surface area (Å²) in [5, 5.41) is 15.4. The number of aryl methyl sites for hydroxylation is 1. The molecule has 1 rings (SSSR count). The zero-order valence-corrected chi connectivity index (χ0v) is 11.1. The smallest absolute Gasteiger partial charge is 0.325 e. The average molecular weight is 281 g/mol. The van der Waals surface area contributed by atoms with Crippen molar-refractivity contribution >= 4 is 23.4 Å². The largest absolute Gasteiger partial charge is 0.465 e. The van der Waals surface area contributed by atoms with Gasteiger partial charge in [0, 0.05) is 17.3 Å². The first-order valence-electron chi connectivity index (χ1n) is 5.89. The number of carbonyl (C=O) groups is 2. The molecule has 0 atom stereocenters. The van der Waals surface area contributed by atoms with Crippen LogP contribution in [-0.4, -0.2) is 30.1 Å². The van der Waals surface area contributed by atoms with Crippen LogP contribution >= 0.6 is 0 Å². The highest BCUT2D eigenvalue weighted by molar-refractivity contribution is 5.91. The van der Waals surface area contributed by atoms with Gasteiger partial charge < -0.3 is 15.4 Å². The van der Waals surface area contributed by atoms with Crippen LogP contribution < -0.4 is 10.6 Å². The number of hydrogen-bond donors (Lipinski definition) is 2. The van der Waals surface area contributed by atoms with Gasteiger partial charge in [-0.1, -0.05) is 0 Å². The lowest BCUT2D eigenvalue weighted by Crippen LogP contribution is -2.34. The van der Waals surface area contributed by atoms with Gasteiger partial charge in [-0.3, -0.25) is 14.9 Å². The maximum Gasteiger partial charge on any atom is 0.325 e. The lowest BCUT2D eigenvalue weighted by Gasteiger charge is -2.08. The normalized spacial score (nSPS) is 9.70. The number of ether oxygens (including phenoxy) is 1. The summed E-state index contributed by atoms with van der Waals surface area (Å²) < 4.78 is 4.65. The third-order valence-corrected chi connectivity index (χ3v) is 2.35. The van der Waals surface area contributed by atoms with Gasteiger partial charge in [0.25, 0.3) is 5.69 Å². The minimum absolute atomic E-state index is 0.0255. The molecule has 0 aromatic heterocycles. The molecular weight excluding hydrogens is 266 g/mol. The van der Waals surface area contributed by atoms with E-state index in [-0.39, 0.29) is 18.8 Å². The molecule has 0 radical (unpaired) electrons. The van der Waals surface area contributed by atoms with Crippen molar-refractivity contribution < 1.29 is 19.2 Å². The molecule has 0 aliphatic rings. The molecule has 0 saturated heterocycles. The summed E-state index contributed by atoms with van der Waals surface area (Å²) in [6, 6.07) is 3.60. The molecule has 8 nitrogen and oxygen atoms in total. The van der Waals surface area contributed by atoms with Crippen LogP contribution in [0.3, 0.4) is 0 Å². The minimum Gasteiger partial charge on any atom is -0.465 e. The SMILES string of the molecule is CCOC(=O)CNC(=O)Nc1ccc([N+](=O)[O-])c(C)c1.